The molecule has 0 bridgehead atoms. The van der Waals surface area contributed by atoms with Crippen LogP contribution in [0.25, 0.3) is 0 Å². The minimum absolute atomic E-state index is 0.325. The van der Waals surface area contributed by atoms with Gasteiger partial charge in [0.05, 0.1) is 0 Å². The van der Waals surface area contributed by atoms with E-state index in [-0.39, 0.29) is 0 Å². The molecule has 0 amide bonds. The lowest BCUT2D eigenvalue weighted by molar-refractivity contribution is 0.0354. The standard InChI is InChI=1S/C18H36N2/c1-15(2)16-6-9-18(14-19,10-7-16)20-12-5-8-17(3,4)11-13-20/h15-16H,5-14,19H2,1-4H3. The lowest BCUT2D eigenvalue weighted by atomic mass is 9.72. The smallest absolute Gasteiger partial charge is 0.0331 e. The molecule has 1 saturated carbocycles. The molecule has 0 aromatic heterocycles. The molecule has 1 heterocycles. The van der Waals surface area contributed by atoms with E-state index >= 15 is 0 Å². The van der Waals surface area contributed by atoms with E-state index in [1.54, 1.807) is 0 Å². The van der Waals surface area contributed by atoms with Crippen molar-refractivity contribution in [2.75, 3.05) is 19.6 Å². The third kappa shape index (κ3) is 3.57. The summed E-state index contributed by atoms with van der Waals surface area (Å²) in [6, 6.07) is 0. The lowest BCUT2D eigenvalue weighted by Gasteiger charge is -2.48. The molecule has 118 valence electrons. The molecule has 0 spiro atoms. The number of nitrogens with two attached hydrogens (primary N) is 1. The maximum atomic E-state index is 6.27. The molecule has 0 aromatic carbocycles. The van der Waals surface area contributed by atoms with Gasteiger partial charge in [-0.1, -0.05) is 27.7 Å². The van der Waals surface area contributed by atoms with Crippen LogP contribution in [0.1, 0.15) is 72.6 Å². The predicted octanol–water partition coefficient (Wildman–Crippen LogP) is 4.04. The molecule has 0 aromatic rings. The number of likely N-dealkylation sites (tertiary alicyclic amines) is 1. The maximum Gasteiger partial charge on any atom is 0.0331 e. The first-order valence-electron chi connectivity index (χ1n) is 8.84. The average Bonchev–Trinajstić information content (AvgIpc) is 2.60. The van der Waals surface area contributed by atoms with E-state index in [2.05, 4.69) is 32.6 Å². The SMILES string of the molecule is CC(C)C1CCC(CN)(N2CCCC(C)(C)CC2)CC1. The zero-order valence-electron chi connectivity index (χ0n) is 14.3. The minimum Gasteiger partial charge on any atom is -0.329 e. The minimum atomic E-state index is 0.325. The van der Waals surface area contributed by atoms with Crippen LogP contribution in [-0.4, -0.2) is 30.1 Å². The van der Waals surface area contributed by atoms with Crippen LogP contribution >= 0.6 is 0 Å². The van der Waals surface area contributed by atoms with E-state index in [0.29, 0.717) is 11.0 Å². The summed E-state index contributed by atoms with van der Waals surface area (Å²) in [5, 5.41) is 0. The van der Waals surface area contributed by atoms with Gasteiger partial charge in [0.1, 0.15) is 0 Å². The van der Waals surface area contributed by atoms with Gasteiger partial charge in [0.25, 0.3) is 0 Å². The third-order valence-electron chi connectivity index (χ3n) is 6.29. The van der Waals surface area contributed by atoms with Gasteiger partial charge in [-0.15, -0.1) is 0 Å². The Labute approximate surface area is 126 Å². The van der Waals surface area contributed by atoms with Gasteiger partial charge in [-0.2, -0.15) is 0 Å². The fraction of sp³-hybridized carbons (Fsp3) is 1.00. The summed E-state index contributed by atoms with van der Waals surface area (Å²) >= 11 is 0. The van der Waals surface area contributed by atoms with Crippen LogP contribution in [0.5, 0.6) is 0 Å². The van der Waals surface area contributed by atoms with Crippen molar-refractivity contribution in [3.8, 4) is 0 Å². The van der Waals surface area contributed by atoms with Crippen molar-refractivity contribution in [2.45, 2.75) is 78.2 Å². The largest absolute Gasteiger partial charge is 0.329 e. The van der Waals surface area contributed by atoms with Crippen LogP contribution in [0.4, 0.5) is 0 Å². The summed E-state index contributed by atoms with van der Waals surface area (Å²) in [5.74, 6) is 1.77. The highest BCUT2D eigenvalue weighted by Crippen LogP contribution is 2.41. The highest BCUT2D eigenvalue weighted by Gasteiger charge is 2.40. The van der Waals surface area contributed by atoms with Crippen molar-refractivity contribution in [3.63, 3.8) is 0 Å². The Morgan fingerprint density at radius 2 is 1.70 bits per heavy atom. The Balaban J connectivity index is 2.01. The second-order valence-corrected chi connectivity index (χ2v) is 8.51. The zero-order chi connectivity index (χ0) is 14.8. The summed E-state index contributed by atoms with van der Waals surface area (Å²) in [6.07, 6.45) is 9.48. The molecule has 2 nitrogen and oxygen atoms in total. The van der Waals surface area contributed by atoms with E-state index in [1.165, 1.54) is 58.0 Å². The quantitative estimate of drug-likeness (QED) is 0.845. The van der Waals surface area contributed by atoms with Gasteiger partial charge in [-0.05, 0) is 75.3 Å². The highest BCUT2D eigenvalue weighted by molar-refractivity contribution is 4.97. The van der Waals surface area contributed by atoms with Crippen LogP contribution in [0.15, 0.2) is 0 Å². The Morgan fingerprint density at radius 1 is 1.05 bits per heavy atom. The Morgan fingerprint density at radius 3 is 2.25 bits per heavy atom. The zero-order valence-corrected chi connectivity index (χ0v) is 14.3. The van der Waals surface area contributed by atoms with Crippen molar-refractivity contribution in [1.82, 2.24) is 4.90 Å². The van der Waals surface area contributed by atoms with Crippen LogP contribution in [0, 0.1) is 17.3 Å². The van der Waals surface area contributed by atoms with Crippen molar-refractivity contribution < 1.29 is 0 Å². The monoisotopic (exact) mass is 280 g/mol. The average molecular weight is 280 g/mol. The van der Waals surface area contributed by atoms with Crippen LogP contribution < -0.4 is 5.73 Å². The number of hydrogen-bond donors (Lipinski definition) is 1. The van der Waals surface area contributed by atoms with E-state index in [9.17, 15) is 0 Å². The molecular formula is C18H36N2. The molecule has 2 fully saturated rings. The molecule has 0 radical (unpaired) electrons. The first-order chi connectivity index (χ1) is 9.38. The Bertz CT molecular complexity index is 301. The summed E-state index contributed by atoms with van der Waals surface area (Å²) in [4.78, 5) is 2.78. The van der Waals surface area contributed by atoms with Crippen LogP contribution in [0.3, 0.4) is 0 Å². The summed E-state index contributed by atoms with van der Waals surface area (Å²) < 4.78 is 0. The lowest BCUT2D eigenvalue weighted by Crippen LogP contribution is -2.56. The molecule has 0 atom stereocenters. The predicted molar refractivity (Wildman–Crippen MR) is 87.8 cm³/mol. The van der Waals surface area contributed by atoms with Crippen molar-refractivity contribution in [3.05, 3.63) is 0 Å². The van der Waals surface area contributed by atoms with Gasteiger partial charge in [0, 0.05) is 12.1 Å². The number of nitrogens with zero attached hydrogens (tertiary/aromatic N) is 1. The summed E-state index contributed by atoms with van der Waals surface area (Å²) in [6.45, 7) is 13.0. The summed E-state index contributed by atoms with van der Waals surface area (Å²) in [5.41, 5.74) is 7.12. The van der Waals surface area contributed by atoms with Crippen LogP contribution in [0.2, 0.25) is 0 Å². The highest BCUT2D eigenvalue weighted by atomic mass is 15.2. The molecule has 0 unspecified atom stereocenters. The van der Waals surface area contributed by atoms with Gasteiger partial charge in [-0.25, -0.2) is 0 Å². The van der Waals surface area contributed by atoms with Gasteiger partial charge in [0.15, 0.2) is 0 Å². The molecule has 1 aliphatic heterocycles. The number of rotatable bonds is 3. The number of hydrogen-bond acceptors (Lipinski definition) is 2. The van der Waals surface area contributed by atoms with E-state index in [0.717, 1.165) is 18.4 Å². The molecule has 1 aliphatic carbocycles. The Kier molecular flexibility index (Phi) is 5.18. The first-order valence-corrected chi connectivity index (χ1v) is 8.84. The van der Waals surface area contributed by atoms with E-state index < -0.39 is 0 Å². The molecule has 2 rings (SSSR count). The topological polar surface area (TPSA) is 29.3 Å². The fourth-order valence-electron chi connectivity index (χ4n) is 4.39. The normalized spacial score (nSPS) is 36.0. The van der Waals surface area contributed by atoms with Gasteiger partial charge >= 0.3 is 0 Å². The van der Waals surface area contributed by atoms with E-state index in [1.807, 2.05) is 0 Å². The van der Waals surface area contributed by atoms with Gasteiger partial charge < -0.3 is 5.73 Å². The molecule has 1 saturated heterocycles. The second-order valence-electron chi connectivity index (χ2n) is 8.51. The third-order valence-corrected chi connectivity index (χ3v) is 6.29. The molecular weight excluding hydrogens is 244 g/mol. The molecule has 2 N–H and O–H groups in total. The molecule has 20 heavy (non-hydrogen) atoms. The molecule has 2 aliphatic rings. The second kappa shape index (κ2) is 6.36. The van der Waals surface area contributed by atoms with Crippen molar-refractivity contribution >= 4 is 0 Å². The van der Waals surface area contributed by atoms with Crippen molar-refractivity contribution in [2.24, 2.45) is 23.0 Å². The summed E-state index contributed by atoms with van der Waals surface area (Å²) in [7, 11) is 0. The van der Waals surface area contributed by atoms with Crippen LogP contribution in [-0.2, 0) is 0 Å². The maximum absolute atomic E-state index is 6.27. The van der Waals surface area contributed by atoms with Gasteiger partial charge in [0.2, 0.25) is 0 Å². The molecule has 2 heteroatoms. The Hall–Kier alpha value is -0.0800. The van der Waals surface area contributed by atoms with Crippen molar-refractivity contribution in [1.29, 1.82) is 0 Å². The first kappa shape index (κ1) is 16.3. The van der Waals surface area contributed by atoms with E-state index in [4.69, 9.17) is 5.73 Å². The van der Waals surface area contributed by atoms with Gasteiger partial charge in [-0.3, -0.25) is 4.90 Å². The fourth-order valence-corrected chi connectivity index (χ4v) is 4.39.